The van der Waals surface area contributed by atoms with Crippen LogP contribution in [-0.4, -0.2) is 55.9 Å². The summed E-state index contributed by atoms with van der Waals surface area (Å²) in [7, 11) is 1.67. The number of morpholine rings is 1. The minimum Gasteiger partial charge on any atom is -0.382 e. The van der Waals surface area contributed by atoms with Crippen molar-refractivity contribution in [3.05, 3.63) is 0 Å². The highest BCUT2D eigenvalue weighted by Crippen LogP contribution is 2.14. The fraction of sp³-hybridized carbons (Fsp3) is 0.917. The van der Waals surface area contributed by atoms with Gasteiger partial charge in [-0.3, -0.25) is 5.43 Å². The molecule has 0 aliphatic carbocycles. The molecule has 1 heterocycles. The maximum Gasteiger partial charge on any atom is 0.209 e. The molecule has 0 saturated carbocycles. The second kappa shape index (κ2) is 7.56. The van der Waals surface area contributed by atoms with Crippen molar-refractivity contribution < 1.29 is 9.47 Å². The molecule has 0 spiro atoms. The van der Waals surface area contributed by atoms with Crippen LogP contribution in [0.25, 0.3) is 0 Å². The summed E-state index contributed by atoms with van der Waals surface area (Å²) in [5.41, 5.74) is 2.71. The molecule has 3 unspecified atom stereocenters. The topological polar surface area (TPSA) is 72.1 Å². The van der Waals surface area contributed by atoms with Crippen molar-refractivity contribution in [2.45, 2.75) is 45.4 Å². The Hall–Kier alpha value is -0.850. The molecule has 0 aromatic carbocycles. The number of nitrogens with one attached hydrogen (secondary N) is 1. The Balaban J connectivity index is 2.76. The van der Waals surface area contributed by atoms with Gasteiger partial charge in [-0.2, -0.15) is 0 Å². The smallest absolute Gasteiger partial charge is 0.209 e. The molecular weight excluding hydrogens is 232 g/mol. The average Bonchev–Trinajstić information content (AvgIpc) is 2.36. The Labute approximate surface area is 109 Å². The highest BCUT2D eigenvalue weighted by molar-refractivity contribution is 5.80. The molecule has 1 saturated heterocycles. The average molecular weight is 258 g/mol. The molecule has 1 fully saturated rings. The molecule has 3 N–H and O–H groups in total. The van der Waals surface area contributed by atoms with Crippen molar-refractivity contribution in [1.29, 1.82) is 0 Å². The van der Waals surface area contributed by atoms with Gasteiger partial charge in [-0.1, -0.05) is 6.92 Å². The van der Waals surface area contributed by atoms with Crippen LogP contribution in [0.5, 0.6) is 0 Å². The molecule has 0 aromatic heterocycles. The van der Waals surface area contributed by atoms with Crippen LogP contribution in [0.1, 0.15) is 27.2 Å². The van der Waals surface area contributed by atoms with E-state index >= 15 is 0 Å². The number of nitrogens with zero attached hydrogens (tertiary/aromatic N) is 2. The highest BCUT2D eigenvalue weighted by Gasteiger charge is 2.28. The van der Waals surface area contributed by atoms with Crippen LogP contribution in [0.4, 0.5) is 0 Å². The fourth-order valence-corrected chi connectivity index (χ4v) is 2.12. The van der Waals surface area contributed by atoms with Crippen molar-refractivity contribution in [3.8, 4) is 0 Å². The van der Waals surface area contributed by atoms with Crippen LogP contribution in [0, 0.1) is 0 Å². The summed E-state index contributed by atoms with van der Waals surface area (Å²) in [5, 5.41) is 0. The van der Waals surface area contributed by atoms with Crippen LogP contribution in [-0.2, 0) is 9.47 Å². The van der Waals surface area contributed by atoms with E-state index in [0.29, 0.717) is 12.6 Å². The maximum atomic E-state index is 5.67. The van der Waals surface area contributed by atoms with Crippen LogP contribution >= 0.6 is 0 Å². The molecule has 0 bridgehead atoms. The number of aliphatic imine (C=N–C) groups is 1. The number of guanidine groups is 1. The second-order valence-corrected chi connectivity index (χ2v) is 4.76. The van der Waals surface area contributed by atoms with Crippen molar-refractivity contribution in [2.75, 3.05) is 26.9 Å². The molecule has 1 aliphatic heterocycles. The van der Waals surface area contributed by atoms with Gasteiger partial charge in [0.25, 0.3) is 0 Å². The first-order valence-corrected chi connectivity index (χ1v) is 6.53. The maximum absolute atomic E-state index is 5.67. The van der Waals surface area contributed by atoms with Crippen LogP contribution in [0.3, 0.4) is 0 Å². The Morgan fingerprint density at radius 3 is 2.94 bits per heavy atom. The van der Waals surface area contributed by atoms with Gasteiger partial charge in [0.15, 0.2) is 0 Å². The van der Waals surface area contributed by atoms with Crippen molar-refractivity contribution >= 4 is 5.96 Å². The first-order valence-electron chi connectivity index (χ1n) is 6.53. The minimum absolute atomic E-state index is 0.0803. The predicted octanol–water partition coefficient (Wildman–Crippen LogP) is 0.340. The third-order valence-electron chi connectivity index (χ3n) is 3.09. The first-order chi connectivity index (χ1) is 8.62. The summed E-state index contributed by atoms with van der Waals surface area (Å²) < 4.78 is 10.8. The van der Waals surface area contributed by atoms with Crippen LogP contribution < -0.4 is 11.3 Å². The minimum atomic E-state index is 0.0803. The van der Waals surface area contributed by atoms with E-state index in [9.17, 15) is 0 Å². The van der Waals surface area contributed by atoms with Crippen molar-refractivity contribution in [1.82, 2.24) is 10.3 Å². The van der Waals surface area contributed by atoms with Crippen LogP contribution in [0.15, 0.2) is 4.99 Å². The third-order valence-corrected chi connectivity index (χ3v) is 3.09. The van der Waals surface area contributed by atoms with E-state index in [1.165, 1.54) is 0 Å². The summed E-state index contributed by atoms with van der Waals surface area (Å²) >= 11 is 0. The van der Waals surface area contributed by atoms with E-state index in [-0.39, 0.29) is 12.1 Å². The molecule has 0 radical (unpaired) electrons. The summed E-state index contributed by atoms with van der Waals surface area (Å²) in [6.07, 6.45) is 1.20. The molecule has 1 aliphatic rings. The van der Waals surface area contributed by atoms with E-state index in [0.717, 1.165) is 25.5 Å². The molecule has 0 amide bonds. The fourth-order valence-electron chi connectivity index (χ4n) is 2.12. The molecule has 106 valence electrons. The lowest BCUT2D eigenvalue weighted by molar-refractivity contribution is -0.0299. The summed E-state index contributed by atoms with van der Waals surface area (Å²) in [6.45, 7) is 8.32. The van der Waals surface area contributed by atoms with Gasteiger partial charge in [-0.05, 0) is 20.3 Å². The quantitative estimate of drug-likeness (QED) is 0.329. The summed E-state index contributed by atoms with van der Waals surface area (Å²) in [6, 6.07) is 0.405. The Morgan fingerprint density at radius 2 is 2.39 bits per heavy atom. The van der Waals surface area contributed by atoms with Gasteiger partial charge in [0.1, 0.15) is 0 Å². The molecule has 3 atom stereocenters. The molecule has 1 rings (SSSR count). The lowest BCUT2D eigenvalue weighted by Crippen LogP contribution is -2.57. The predicted molar refractivity (Wildman–Crippen MR) is 72.3 cm³/mol. The number of hydrazine groups is 1. The SMILES string of the molecule is CCC1COC(C)CN1C(=NC(C)COC)NN. The monoisotopic (exact) mass is 258 g/mol. The number of nitrogens with two attached hydrogens (primary N) is 1. The van der Waals surface area contributed by atoms with Crippen molar-refractivity contribution in [3.63, 3.8) is 0 Å². The van der Waals surface area contributed by atoms with Gasteiger partial charge in [0.2, 0.25) is 5.96 Å². The van der Waals surface area contributed by atoms with E-state index in [1.54, 1.807) is 7.11 Å². The molecule has 6 nitrogen and oxygen atoms in total. The highest BCUT2D eigenvalue weighted by atomic mass is 16.5. The molecule has 18 heavy (non-hydrogen) atoms. The Kier molecular flexibility index (Phi) is 6.38. The van der Waals surface area contributed by atoms with E-state index in [1.807, 2.05) is 6.92 Å². The van der Waals surface area contributed by atoms with Crippen molar-refractivity contribution in [2.24, 2.45) is 10.8 Å². The van der Waals surface area contributed by atoms with Crippen LogP contribution in [0.2, 0.25) is 0 Å². The number of rotatable bonds is 4. The largest absolute Gasteiger partial charge is 0.382 e. The van der Waals surface area contributed by atoms with E-state index in [2.05, 4.69) is 29.2 Å². The number of hydrogen-bond donors (Lipinski definition) is 2. The first kappa shape index (κ1) is 15.2. The zero-order chi connectivity index (χ0) is 13.5. The zero-order valence-corrected chi connectivity index (χ0v) is 11.8. The zero-order valence-electron chi connectivity index (χ0n) is 11.8. The van der Waals surface area contributed by atoms with E-state index in [4.69, 9.17) is 15.3 Å². The number of ether oxygens (including phenoxy) is 2. The molecule has 0 aromatic rings. The number of hydrogen-bond acceptors (Lipinski definition) is 4. The van der Waals surface area contributed by atoms with Gasteiger partial charge in [-0.15, -0.1) is 0 Å². The normalized spacial score (nSPS) is 27.2. The number of methoxy groups -OCH3 is 1. The van der Waals surface area contributed by atoms with Gasteiger partial charge in [0.05, 0.1) is 31.4 Å². The van der Waals surface area contributed by atoms with Gasteiger partial charge in [-0.25, -0.2) is 10.8 Å². The Morgan fingerprint density at radius 1 is 1.67 bits per heavy atom. The second-order valence-electron chi connectivity index (χ2n) is 4.76. The lowest BCUT2D eigenvalue weighted by Gasteiger charge is -2.40. The molecule has 6 heteroatoms. The summed E-state index contributed by atoms with van der Waals surface area (Å²) in [5.74, 6) is 6.33. The standard InChI is InChI=1S/C12H26N4O2/c1-5-11-8-18-10(3)6-16(11)12(15-13)14-9(2)7-17-4/h9-11H,5-8,13H2,1-4H3,(H,14,15). The summed E-state index contributed by atoms with van der Waals surface area (Å²) in [4.78, 5) is 6.76. The lowest BCUT2D eigenvalue weighted by atomic mass is 10.1. The molecular formula is C12H26N4O2. The van der Waals surface area contributed by atoms with Gasteiger partial charge in [0, 0.05) is 13.7 Å². The third kappa shape index (κ3) is 4.12. The van der Waals surface area contributed by atoms with Gasteiger partial charge < -0.3 is 14.4 Å². The van der Waals surface area contributed by atoms with E-state index < -0.39 is 0 Å². The Bertz CT molecular complexity index is 273. The van der Waals surface area contributed by atoms with Gasteiger partial charge >= 0.3 is 0 Å².